The van der Waals surface area contributed by atoms with Crippen molar-refractivity contribution in [1.29, 1.82) is 0 Å². The maximum atomic E-state index is 12.2. The van der Waals surface area contributed by atoms with Gasteiger partial charge in [0.15, 0.2) is 0 Å². The Balaban J connectivity index is 1.85. The number of nitrogens with one attached hydrogen (secondary N) is 1. The zero-order chi connectivity index (χ0) is 16.7. The summed E-state index contributed by atoms with van der Waals surface area (Å²) in [6, 6.07) is 7.66. The molecule has 0 bridgehead atoms. The van der Waals surface area contributed by atoms with Crippen molar-refractivity contribution in [2.45, 2.75) is 39.0 Å². The number of unbranched alkanes of at least 4 members (excludes halogenated alkanes) is 1. The second kappa shape index (κ2) is 8.67. The minimum absolute atomic E-state index is 0.151. The highest BCUT2D eigenvalue weighted by Gasteiger charge is 2.26. The van der Waals surface area contributed by atoms with Crippen LogP contribution in [-0.2, 0) is 16.0 Å². The zero-order valence-corrected chi connectivity index (χ0v) is 13.8. The fraction of sp³-hybridized carbons (Fsp3) is 0.556. The van der Waals surface area contributed by atoms with E-state index < -0.39 is 11.8 Å². The van der Waals surface area contributed by atoms with Crippen molar-refractivity contribution in [3.05, 3.63) is 29.8 Å². The molecule has 0 radical (unpaired) electrons. The van der Waals surface area contributed by atoms with E-state index in [4.69, 9.17) is 5.11 Å². The van der Waals surface area contributed by atoms with Crippen molar-refractivity contribution in [2.75, 3.05) is 25.0 Å². The number of hydrogen-bond donors (Lipinski definition) is 2. The highest BCUT2D eigenvalue weighted by Crippen LogP contribution is 2.17. The van der Waals surface area contributed by atoms with Crippen molar-refractivity contribution in [1.82, 2.24) is 4.90 Å². The van der Waals surface area contributed by atoms with Crippen molar-refractivity contribution < 1.29 is 14.7 Å². The molecule has 1 aromatic carbocycles. The van der Waals surface area contributed by atoms with E-state index in [2.05, 4.69) is 12.2 Å². The molecule has 0 spiro atoms. The first-order valence-corrected chi connectivity index (χ1v) is 8.44. The summed E-state index contributed by atoms with van der Waals surface area (Å²) in [4.78, 5) is 25.8. The van der Waals surface area contributed by atoms with Gasteiger partial charge < -0.3 is 15.3 Å². The van der Waals surface area contributed by atoms with Crippen LogP contribution in [0.2, 0.25) is 0 Å². The fourth-order valence-electron chi connectivity index (χ4n) is 2.78. The lowest BCUT2D eigenvalue weighted by Crippen LogP contribution is -2.44. The molecule has 1 saturated heterocycles. The summed E-state index contributed by atoms with van der Waals surface area (Å²) in [5.41, 5.74) is 1.89. The number of amides is 2. The van der Waals surface area contributed by atoms with E-state index in [1.54, 1.807) is 4.90 Å². The van der Waals surface area contributed by atoms with Crippen LogP contribution in [0.25, 0.3) is 0 Å². The topological polar surface area (TPSA) is 69.6 Å². The largest absolute Gasteiger partial charge is 0.396 e. The Morgan fingerprint density at radius 1 is 1.22 bits per heavy atom. The third-order valence-electron chi connectivity index (χ3n) is 4.38. The smallest absolute Gasteiger partial charge is 0.313 e. The van der Waals surface area contributed by atoms with E-state index in [9.17, 15) is 9.59 Å². The number of hydrogen-bond acceptors (Lipinski definition) is 3. The summed E-state index contributed by atoms with van der Waals surface area (Å²) < 4.78 is 0. The van der Waals surface area contributed by atoms with Gasteiger partial charge in [0, 0.05) is 25.4 Å². The van der Waals surface area contributed by atoms with Gasteiger partial charge in [-0.2, -0.15) is 0 Å². The van der Waals surface area contributed by atoms with Crippen LogP contribution in [0.3, 0.4) is 0 Å². The molecule has 2 amide bonds. The highest BCUT2D eigenvalue weighted by molar-refractivity contribution is 6.39. The van der Waals surface area contributed by atoms with Crippen molar-refractivity contribution in [3.63, 3.8) is 0 Å². The Hall–Kier alpha value is -1.88. The number of piperidine rings is 1. The Morgan fingerprint density at radius 2 is 1.87 bits per heavy atom. The Labute approximate surface area is 137 Å². The molecule has 0 aromatic heterocycles. The van der Waals surface area contributed by atoms with E-state index in [0.717, 1.165) is 32.1 Å². The van der Waals surface area contributed by atoms with Gasteiger partial charge in [-0.1, -0.05) is 25.5 Å². The molecule has 1 aliphatic heterocycles. The first-order chi connectivity index (χ1) is 11.1. The lowest BCUT2D eigenvalue weighted by atomic mass is 9.98. The Kier molecular flexibility index (Phi) is 6.59. The number of benzene rings is 1. The van der Waals surface area contributed by atoms with Crippen LogP contribution in [0.1, 0.15) is 38.2 Å². The van der Waals surface area contributed by atoms with Crippen LogP contribution >= 0.6 is 0 Å². The number of carbonyl (C=O) groups excluding carboxylic acids is 2. The number of anilines is 1. The van der Waals surface area contributed by atoms with Gasteiger partial charge in [0.25, 0.3) is 0 Å². The molecule has 1 fully saturated rings. The Morgan fingerprint density at radius 3 is 2.43 bits per heavy atom. The second-order valence-corrected chi connectivity index (χ2v) is 6.17. The number of nitrogens with zero attached hydrogens (tertiary/aromatic N) is 1. The molecule has 0 saturated carbocycles. The summed E-state index contributed by atoms with van der Waals surface area (Å²) >= 11 is 0. The molecule has 5 heteroatoms. The zero-order valence-electron chi connectivity index (χ0n) is 13.8. The van der Waals surface area contributed by atoms with Crippen molar-refractivity contribution in [3.8, 4) is 0 Å². The summed E-state index contributed by atoms with van der Waals surface area (Å²) in [7, 11) is 0. The van der Waals surface area contributed by atoms with E-state index in [1.807, 2.05) is 24.3 Å². The first-order valence-electron chi connectivity index (χ1n) is 8.44. The molecule has 0 aliphatic carbocycles. The maximum Gasteiger partial charge on any atom is 0.313 e. The van der Waals surface area contributed by atoms with Crippen LogP contribution < -0.4 is 5.32 Å². The quantitative estimate of drug-likeness (QED) is 0.818. The standard InChI is InChI=1S/C18H26N2O3/c1-2-3-4-14-5-7-16(8-6-14)19-17(22)18(23)20-11-9-15(13-21)10-12-20/h5-8,15,21H,2-4,9-13H2,1H3,(H,19,22). The summed E-state index contributed by atoms with van der Waals surface area (Å²) in [6.07, 6.45) is 4.83. The minimum Gasteiger partial charge on any atom is -0.396 e. The molecule has 2 N–H and O–H groups in total. The van der Waals surface area contributed by atoms with E-state index >= 15 is 0 Å². The van der Waals surface area contributed by atoms with E-state index in [1.165, 1.54) is 5.56 Å². The van der Waals surface area contributed by atoms with Gasteiger partial charge in [0.05, 0.1) is 0 Å². The third-order valence-corrected chi connectivity index (χ3v) is 4.38. The van der Waals surface area contributed by atoms with Crippen LogP contribution in [-0.4, -0.2) is 41.5 Å². The van der Waals surface area contributed by atoms with Gasteiger partial charge in [-0.25, -0.2) is 0 Å². The number of aryl methyl sites for hydroxylation is 1. The molecule has 1 heterocycles. The fourth-order valence-corrected chi connectivity index (χ4v) is 2.78. The molecule has 5 nitrogen and oxygen atoms in total. The molecule has 23 heavy (non-hydrogen) atoms. The predicted molar refractivity (Wildman–Crippen MR) is 90.1 cm³/mol. The molecular formula is C18H26N2O3. The van der Waals surface area contributed by atoms with Crippen LogP contribution in [0.5, 0.6) is 0 Å². The molecule has 126 valence electrons. The maximum absolute atomic E-state index is 12.2. The van der Waals surface area contributed by atoms with Crippen LogP contribution in [0, 0.1) is 5.92 Å². The van der Waals surface area contributed by atoms with Crippen molar-refractivity contribution in [2.24, 2.45) is 5.92 Å². The van der Waals surface area contributed by atoms with Gasteiger partial charge >= 0.3 is 11.8 Å². The van der Waals surface area contributed by atoms with Gasteiger partial charge in [-0.05, 0) is 49.3 Å². The van der Waals surface area contributed by atoms with Crippen LogP contribution in [0.4, 0.5) is 5.69 Å². The molecule has 1 aromatic rings. The third kappa shape index (κ3) is 5.06. The summed E-state index contributed by atoms with van der Waals surface area (Å²) in [6.45, 7) is 3.38. The number of rotatable bonds is 5. The van der Waals surface area contributed by atoms with Crippen molar-refractivity contribution >= 4 is 17.5 Å². The SMILES string of the molecule is CCCCc1ccc(NC(=O)C(=O)N2CCC(CO)CC2)cc1. The van der Waals surface area contributed by atoms with E-state index in [0.29, 0.717) is 18.8 Å². The lowest BCUT2D eigenvalue weighted by molar-refractivity contribution is -0.144. The number of carbonyl (C=O) groups is 2. The van der Waals surface area contributed by atoms with Gasteiger partial charge in [-0.3, -0.25) is 9.59 Å². The van der Waals surface area contributed by atoms with Gasteiger partial charge in [0.1, 0.15) is 0 Å². The summed E-state index contributed by atoms with van der Waals surface area (Å²) in [5.74, 6) is -0.831. The predicted octanol–water partition coefficient (Wildman–Crippen LogP) is 2.20. The number of aliphatic hydroxyl groups excluding tert-OH is 1. The average molecular weight is 318 g/mol. The highest BCUT2D eigenvalue weighted by atomic mass is 16.3. The average Bonchev–Trinajstić information content (AvgIpc) is 2.60. The molecule has 2 rings (SSSR count). The molecule has 0 atom stereocenters. The molecule has 1 aliphatic rings. The first kappa shape index (κ1) is 17.5. The normalized spacial score (nSPS) is 15.5. The monoisotopic (exact) mass is 318 g/mol. The Bertz CT molecular complexity index is 520. The molecule has 0 unspecified atom stereocenters. The lowest BCUT2D eigenvalue weighted by Gasteiger charge is -2.30. The second-order valence-electron chi connectivity index (χ2n) is 6.17. The van der Waals surface area contributed by atoms with Gasteiger partial charge in [0.2, 0.25) is 0 Å². The summed E-state index contributed by atoms with van der Waals surface area (Å²) in [5, 5.41) is 11.8. The van der Waals surface area contributed by atoms with Gasteiger partial charge in [-0.15, -0.1) is 0 Å². The molecular weight excluding hydrogens is 292 g/mol. The van der Waals surface area contributed by atoms with Crippen LogP contribution in [0.15, 0.2) is 24.3 Å². The van der Waals surface area contributed by atoms with E-state index in [-0.39, 0.29) is 12.5 Å². The minimum atomic E-state index is -0.589. The number of aliphatic hydroxyl groups is 1. The number of likely N-dealkylation sites (tertiary alicyclic amines) is 1.